The summed E-state index contributed by atoms with van der Waals surface area (Å²) in [5.41, 5.74) is 4.10. The minimum absolute atomic E-state index is 0.331. The van der Waals surface area contributed by atoms with Crippen LogP contribution in [0.1, 0.15) is 12.8 Å². The van der Waals surface area contributed by atoms with Crippen molar-refractivity contribution in [2.75, 3.05) is 0 Å². The SMILES string of the molecule is NNC(=O)[C@H]1CC=CC[C@H]1C(=O)NN. The van der Waals surface area contributed by atoms with E-state index >= 15 is 0 Å². The van der Waals surface area contributed by atoms with E-state index in [1.165, 1.54) is 0 Å². The molecular formula is C8H14N4O2. The molecule has 0 heterocycles. The largest absolute Gasteiger partial charge is 0.294 e. The van der Waals surface area contributed by atoms with Crippen molar-refractivity contribution in [3.05, 3.63) is 12.2 Å². The average molecular weight is 198 g/mol. The Hall–Kier alpha value is -1.40. The van der Waals surface area contributed by atoms with E-state index in [9.17, 15) is 9.59 Å². The van der Waals surface area contributed by atoms with Gasteiger partial charge < -0.3 is 0 Å². The van der Waals surface area contributed by atoms with Crippen LogP contribution in [0.15, 0.2) is 12.2 Å². The van der Waals surface area contributed by atoms with Crippen molar-refractivity contribution in [3.63, 3.8) is 0 Å². The normalized spacial score (nSPS) is 25.6. The van der Waals surface area contributed by atoms with Crippen LogP contribution in [0.4, 0.5) is 0 Å². The molecule has 0 bridgehead atoms. The molecule has 0 aromatic carbocycles. The molecule has 1 aliphatic rings. The zero-order chi connectivity index (χ0) is 10.6. The molecule has 0 aromatic heterocycles. The third kappa shape index (κ3) is 2.09. The molecule has 2 atom stereocenters. The van der Waals surface area contributed by atoms with Gasteiger partial charge in [-0.2, -0.15) is 0 Å². The summed E-state index contributed by atoms with van der Waals surface area (Å²) < 4.78 is 0. The Labute approximate surface area is 81.6 Å². The number of hydrazine groups is 2. The highest BCUT2D eigenvalue weighted by Gasteiger charge is 2.33. The number of hydrogen-bond acceptors (Lipinski definition) is 4. The molecule has 78 valence electrons. The van der Waals surface area contributed by atoms with E-state index in [2.05, 4.69) is 0 Å². The van der Waals surface area contributed by atoms with Crippen molar-refractivity contribution < 1.29 is 9.59 Å². The van der Waals surface area contributed by atoms with Crippen molar-refractivity contribution in [2.24, 2.45) is 23.5 Å². The molecule has 1 rings (SSSR count). The van der Waals surface area contributed by atoms with Gasteiger partial charge in [0.05, 0.1) is 11.8 Å². The highest BCUT2D eigenvalue weighted by Crippen LogP contribution is 2.25. The van der Waals surface area contributed by atoms with Crippen molar-refractivity contribution in [1.29, 1.82) is 0 Å². The van der Waals surface area contributed by atoms with E-state index < -0.39 is 11.8 Å². The van der Waals surface area contributed by atoms with Crippen molar-refractivity contribution >= 4 is 11.8 Å². The molecule has 0 saturated heterocycles. The molecule has 0 unspecified atom stereocenters. The van der Waals surface area contributed by atoms with Gasteiger partial charge in [0, 0.05) is 0 Å². The molecule has 0 spiro atoms. The maximum Gasteiger partial charge on any atom is 0.238 e. The number of allylic oxidation sites excluding steroid dienone is 2. The lowest BCUT2D eigenvalue weighted by molar-refractivity contribution is -0.135. The summed E-state index contributed by atoms with van der Waals surface area (Å²) in [6.45, 7) is 0. The van der Waals surface area contributed by atoms with E-state index in [4.69, 9.17) is 11.7 Å². The Bertz CT molecular complexity index is 238. The van der Waals surface area contributed by atoms with Gasteiger partial charge in [-0.05, 0) is 12.8 Å². The fourth-order valence-corrected chi connectivity index (χ4v) is 1.61. The number of hydrogen-bond donors (Lipinski definition) is 4. The predicted octanol–water partition coefficient (Wildman–Crippen LogP) is -1.45. The van der Waals surface area contributed by atoms with Crippen molar-refractivity contribution in [3.8, 4) is 0 Å². The first kappa shape index (κ1) is 10.7. The second kappa shape index (κ2) is 4.73. The predicted molar refractivity (Wildman–Crippen MR) is 50.0 cm³/mol. The summed E-state index contributed by atoms with van der Waals surface area (Å²) in [5, 5.41) is 0. The molecule has 0 aliphatic heterocycles. The van der Waals surface area contributed by atoms with Crippen molar-refractivity contribution in [2.45, 2.75) is 12.8 Å². The average Bonchev–Trinajstić information content (AvgIpc) is 2.27. The molecule has 1 aliphatic carbocycles. The van der Waals surface area contributed by atoms with E-state index in [0.29, 0.717) is 12.8 Å². The number of rotatable bonds is 2. The Morgan fingerprint density at radius 3 is 1.64 bits per heavy atom. The van der Waals surface area contributed by atoms with Gasteiger partial charge in [-0.3, -0.25) is 20.4 Å². The maximum atomic E-state index is 11.3. The molecule has 0 radical (unpaired) electrons. The van der Waals surface area contributed by atoms with Gasteiger partial charge in [-0.1, -0.05) is 12.2 Å². The second-order valence-corrected chi connectivity index (χ2v) is 3.17. The lowest BCUT2D eigenvalue weighted by atomic mass is 9.82. The van der Waals surface area contributed by atoms with E-state index in [0.717, 1.165) is 0 Å². The molecular weight excluding hydrogens is 184 g/mol. The summed E-state index contributed by atoms with van der Waals surface area (Å²) in [5.74, 6) is 8.53. The summed E-state index contributed by atoms with van der Waals surface area (Å²) in [4.78, 5) is 22.6. The molecule has 6 nitrogen and oxygen atoms in total. The Kier molecular flexibility index (Phi) is 3.61. The highest BCUT2D eigenvalue weighted by molar-refractivity contribution is 5.87. The highest BCUT2D eigenvalue weighted by atomic mass is 16.2. The quantitative estimate of drug-likeness (QED) is 0.188. The number of nitrogens with one attached hydrogen (secondary N) is 2. The number of carbonyl (C=O) groups is 2. The van der Waals surface area contributed by atoms with Crippen molar-refractivity contribution in [1.82, 2.24) is 10.9 Å². The molecule has 14 heavy (non-hydrogen) atoms. The molecule has 6 heteroatoms. The summed E-state index contributed by atoms with van der Waals surface area (Å²) >= 11 is 0. The van der Waals surface area contributed by atoms with Gasteiger partial charge in [0.2, 0.25) is 11.8 Å². The van der Waals surface area contributed by atoms with Gasteiger partial charge in [0.15, 0.2) is 0 Å². The minimum atomic E-state index is -0.423. The van der Waals surface area contributed by atoms with E-state index in [1.807, 2.05) is 23.0 Å². The van der Waals surface area contributed by atoms with Crippen LogP contribution in [0.25, 0.3) is 0 Å². The van der Waals surface area contributed by atoms with Gasteiger partial charge in [0.1, 0.15) is 0 Å². The Morgan fingerprint density at radius 2 is 1.36 bits per heavy atom. The van der Waals surface area contributed by atoms with E-state index in [1.54, 1.807) is 0 Å². The molecule has 2 amide bonds. The second-order valence-electron chi connectivity index (χ2n) is 3.17. The fraction of sp³-hybridized carbons (Fsp3) is 0.500. The third-order valence-electron chi connectivity index (χ3n) is 2.39. The summed E-state index contributed by atoms with van der Waals surface area (Å²) in [6, 6.07) is 0. The first-order valence-electron chi connectivity index (χ1n) is 4.36. The van der Waals surface area contributed by atoms with Gasteiger partial charge >= 0.3 is 0 Å². The van der Waals surface area contributed by atoms with Gasteiger partial charge in [-0.15, -0.1) is 0 Å². The number of nitrogens with two attached hydrogens (primary N) is 2. The molecule has 0 aromatic rings. The summed E-state index contributed by atoms with van der Waals surface area (Å²) in [6.07, 6.45) is 4.75. The number of carbonyl (C=O) groups excluding carboxylic acids is 2. The minimum Gasteiger partial charge on any atom is -0.294 e. The zero-order valence-electron chi connectivity index (χ0n) is 7.69. The third-order valence-corrected chi connectivity index (χ3v) is 2.39. The van der Waals surface area contributed by atoms with Crippen LogP contribution in [-0.4, -0.2) is 11.8 Å². The van der Waals surface area contributed by atoms with Gasteiger partial charge in [-0.25, -0.2) is 11.7 Å². The van der Waals surface area contributed by atoms with Crippen LogP contribution in [0.5, 0.6) is 0 Å². The monoisotopic (exact) mass is 198 g/mol. The van der Waals surface area contributed by atoms with Crippen LogP contribution in [-0.2, 0) is 9.59 Å². The van der Waals surface area contributed by atoms with Crippen LogP contribution < -0.4 is 22.5 Å². The van der Waals surface area contributed by atoms with Crippen LogP contribution in [0.3, 0.4) is 0 Å². The van der Waals surface area contributed by atoms with Crippen LogP contribution in [0, 0.1) is 11.8 Å². The molecule has 0 fully saturated rings. The Morgan fingerprint density at radius 1 is 1.00 bits per heavy atom. The molecule has 6 N–H and O–H groups in total. The molecule has 0 saturated carbocycles. The first-order chi connectivity index (χ1) is 6.70. The maximum absolute atomic E-state index is 11.3. The summed E-state index contributed by atoms with van der Waals surface area (Å²) in [7, 11) is 0. The zero-order valence-corrected chi connectivity index (χ0v) is 7.69. The smallest absolute Gasteiger partial charge is 0.238 e. The van der Waals surface area contributed by atoms with E-state index in [-0.39, 0.29) is 11.8 Å². The topological polar surface area (TPSA) is 110 Å². The van der Waals surface area contributed by atoms with Crippen LogP contribution >= 0.6 is 0 Å². The lowest BCUT2D eigenvalue weighted by Crippen LogP contribution is -2.46. The van der Waals surface area contributed by atoms with Crippen LogP contribution in [0.2, 0.25) is 0 Å². The first-order valence-corrected chi connectivity index (χ1v) is 4.36. The fourth-order valence-electron chi connectivity index (χ4n) is 1.61. The lowest BCUT2D eigenvalue weighted by Gasteiger charge is -2.24. The number of amides is 2. The van der Waals surface area contributed by atoms with Gasteiger partial charge in [0.25, 0.3) is 0 Å². The standard InChI is InChI=1S/C8H14N4O2/c9-11-7(13)5-3-1-2-4-6(5)8(14)12-10/h1-2,5-6H,3-4,9-10H2,(H,11,13)(H,12,14)/t5-,6+. The Balaban J connectivity index is 2.75.